The molecule has 0 radical (unpaired) electrons. The Morgan fingerprint density at radius 2 is 2.21 bits per heavy atom. The second-order valence-corrected chi connectivity index (χ2v) is 6.72. The molecule has 0 bridgehead atoms. The van der Waals surface area contributed by atoms with Gasteiger partial charge in [-0.1, -0.05) is 0 Å². The Kier molecular flexibility index (Phi) is 5.19. The highest BCUT2D eigenvalue weighted by Crippen LogP contribution is 2.27. The van der Waals surface area contributed by atoms with E-state index in [1.165, 1.54) is 30.8 Å². The lowest BCUT2D eigenvalue weighted by atomic mass is 9.97. The predicted octanol–water partition coefficient (Wildman–Crippen LogP) is 2.20. The van der Waals surface area contributed by atoms with Crippen LogP contribution in [-0.2, 0) is 0 Å². The summed E-state index contributed by atoms with van der Waals surface area (Å²) in [6, 6.07) is 0.392. The SMILES string of the molecule is CNC(C)c1cnc(N(C)CC2CCN(C)CC2)s1. The van der Waals surface area contributed by atoms with E-state index in [2.05, 4.69) is 41.1 Å². The van der Waals surface area contributed by atoms with Crippen molar-refractivity contribution in [2.24, 2.45) is 5.92 Å². The molecule has 0 spiro atoms. The van der Waals surface area contributed by atoms with E-state index in [1.54, 1.807) is 11.3 Å². The number of piperidine rings is 1. The molecule has 1 atom stereocenters. The monoisotopic (exact) mass is 282 g/mol. The van der Waals surface area contributed by atoms with Gasteiger partial charge in [0.05, 0.1) is 0 Å². The summed E-state index contributed by atoms with van der Waals surface area (Å²) in [6.07, 6.45) is 4.63. The molecule has 1 aliphatic heterocycles. The van der Waals surface area contributed by atoms with Crippen molar-refractivity contribution in [3.63, 3.8) is 0 Å². The summed E-state index contributed by atoms with van der Waals surface area (Å²) in [5.74, 6) is 0.815. The Balaban J connectivity index is 1.89. The van der Waals surface area contributed by atoms with Gasteiger partial charge in [-0.05, 0) is 52.9 Å². The number of hydrogen-bond donors (Lipinski definition) is 1. The minimum atomic E-state index is 0.392. The Labute approximate surface area is 120 Å². The number of likely N-dealkylation sites (tertiary alicyclic amines) is 1. The van der Waals surface area contributed by atoms with Gasteiger partial charge in [-0.25, -0.2) is 4.98 Å². The first-order valence-electron chi connectivity index (χ1n) is 7.12. The fourth-order valence-electron chi connectivity index (χ4n) is 2.51. The van der Waals surface area contributed by atoms with Crippen LogP contribution in [0.2, 0.25) is 0 Å². The molecule has 2 rings (SSSR count). The summed E-state index contributed by atoms with van der Waals surface area (Å²) in [5.41, 5.74) is 0. The summed E-state index contributed by atoms with van der Waals surface area (Å²) in [5, 5.41) is 4.42. The van der Waals surface area contributed by atoms with E-state index in [-0.39, 0.29) is 0 Å². The van der Waals surface area contributed by atoms with E-state index in [4.69, 9.17) is 0 Å². The van der Waals surface area contributed by atoms with Gasteiger partial charge < -0.3 is 15.1 Å². The van der Waals surface area contributed by atoms with Gasteiger partial charge in [-0.3, -0.25) is 0 Å². The maximum Gasteiger partial charge on any atom is 0.185 e. The van der Waals surface area contributed by atoms with Crippen molar-refractivity contribution in [1.82, 2.24) is 15.2 Å². The van der Waals surface area contributed by atoms with Crippen LogP contribution >= 0.6 is 11.3 Å². The molecule has 1 aromatic heterocycles. The zero-order valence-corrected chi connectivity index (χ0v) is 13.3. The van der Waals surface area contributed by atoms with Crippen molar-refractivity contribution in [2.45, 2.75) is 25.8 Å². The number of aromatic nitrogens is 1. The minimum Gasteiger partial charge on any atom is -0.351 e. The molecule has 1 fully saturated rings. The van der Waals surface area contributed by atoms with E-state index in [0.717, 1.165) is 17.6 Å². The van der Waals surface area contributed by atoms with Crippen LogP contribution < -0.4 is 10.2 Å². The van der Waals surface area contributed by atoms with Crippen molar-refractivity contribution in [2.75, 3.05) is 45.7 Å². The number of rotatable bonds is 5. The highest BCUT2D eigenvalue weighted by Gasteiger charge is 2.19. The van der Waals surface area contributed by atoms with E-state index in [9.17, 15) is 0 Å². The lowest BCUT2D eigenvalue weighted by molar-refractivity contribution is 0.222. The zero-order chi connectivity index (χ0) is 13.8. The maximum absolute atomic E-state index is 4.56. The summed E-state index contributed by atoms with van der Waals surface area (Å²) in [4.78, 5) is 10.6. The topological polar surface area (TPSA) is 31.4 Å². The first-order chi connectivity index (χ1) is 9.10. The molecule has 0 amide bonds. The van der Waals surface area contributed by atoms with Crippen LogP contribution in [0.5, 0.6) is 0 Å². The molecule has 1 saturated heterocycles. The van der Waals surface area contributed by atoms with Gasteiger partial charge in [0.15, 0.2) is 5.13 Å². The molecular weight excluding hydrogens is 256 g/mol. The largest absolute Gasteiger partial charge is 0.351 e. The average molecular weight is 282 g/mol. The summed E-state index contributed by atoms with van der Waals surface area (Å²) in [6.45, 7) is 5.78. The second kappa shape index (κ2) is 6.68. The third-order valence-electron chi connectivity index (χ3n) is 4.07. The molecule has 0 aliphatic carbocycles. The zero-order valence-electron chi connectivity index (χ0n) is 12.5. The number of anilines is 1. The molecule has 108 valence electrons. The molecule has 1 aromatic rings. The normalized spacial score (nSPS) is 19.6. The van der Waals surface area contributed by atoms with Gasteiger partial charge >= 0.3 is 0 Å². The molecule has 0 saturated carbocycles. The van der Waals surface area contributed by atoms with Crippen molar-refractivity contribution in [3.05, 3.63) is 11.1 Å². The van der Waals surface area contributed by atoms with Crippen LogP contribution in [-0.4, -0.2) is 50.7 Å². The van der Waals surface area contributed by atoms with Gasteiger partial charge in [-0.15, -0.1) is 11.3 Å². The fourth-order valence-corrected chi connectivity index (χ4v) is 3.45. The van der Waals surface area contributed by atoms with Gasteiger partial charge in [0.1, 0.15) is 0 Å². The third kappa shape index (κ3) is 3.91. The van der Waals surface area contributed by atoms with E-state index in [1.807, 2.05) is 13.2 Å². The first-order valence-corrected chi connectivity index (χ1v) is 7.94. The number of nitrogens with one attached hydrogen (secondary N) is 1. The third-order valence-corrected chi connectivity index (χ3v) is 5.36. The summed E-state index contributed by atoms with van der Waals surface area (Å²) >= 11 is 1.80. The van der Waals surface area contributed by atoms with Crippen LogP contribution in [0.4, 0.5) is 5.13 Å². The molecule has 19 heavy (non-hydrogen) atoms. The van der Waals surface area contributed by atoms with E-state index >= 15 is 0 Å². The molecule has 0 aromatic carbocycles. The van der Waals surface area contributed by atoms with Crippen LogP contribution in [0.15, 0.2) is 6.20 Å². The standard InChI is InChI=1S/C14H26N4S/c1-11(15-2)13-9-16-14(19-13)18(4)10-12-5-7-17(3)8-6-12/h9,11-12,15H,5-8,10H2,1-4H3. The Hall–Kier alpha value is -0.650. The lowest BCUT2D eigenvalue weighted by Gasteiger charge is -2.31. The van der Waals surface area contributed by atoms with Crippen LogP contribution in [0.3, 0.4) is 0 Å². The smallest absolute Gasteiger partial charge is 0.185 e. The highest BCUT2D eigenvalue weighted by atomic mass is 32.1. The van der Waals surface area contributed by atoms with E-state index in [0.29, 0.717) is 6.04 Å². The molecular formula is C14H26N4S. The Bertz CT molecular complexity index is 385. The molecule has 5 heteroatoms. The lowest BCUT2D eigenvalue weighted by Crippen LogP contribution is -2.35. The first kappa shape index (κ1) is 14.8. The van der Waals surface area contributed by atoms with Gasteiger partial charge in [0.25, 0.3) is 0 Å². The Morgan fingerprint density at radius 3 is 2.84 bits per heavy atom. The molecule has 2 heterocycles. The average Bonchev–Trinajstić information content (AvgIpc) is 2.90. The molecule has 1 N–H and O–H groups in total. The highest BCUT2D eigenvalue weighted by molar-refractivity contribution is 7.15. The van der Waals surface area contributed by atoms with E-state index < -0.39 is 0 Å². The molecule has 1 unspecified atom stereocenters. The number of nitrogens with zero attached hydrogens (tertiary/aromatic N) is 3. The summed E-state index contributed by atoms with van der Waals surface area (Å²) < 4.78 is 0. The summed E-state index contributed by atoms with van der Waals surface area (Å²) in [7, 11) is 6.38. The van der Waals surface area contributed by atoms with Gasteiger partial charge in [0, 0.05) is 30.7 Å². The second-order valence-electron chi connectivity index (χ2n) is 5.68. The van der Waals surface area contributed by atoms with Crippen LogP contribution in [0, 0.1) is 5.92 Å². The van der Waals surface area contributed by atoms with Crippen molar-refractivity contribution >= 4 is 16.5 Å². The number of thiazole rings is 1. The number of hydrogen-bond acceptors (Lipinski definition) is 5. The van der Waals surface area contributed by atoms with Crippen LogP contribution in [0.1, 0.15) is 30.7 Å². The minimum absolute atomic E-state index is 0.392. The predicted molar refractivity (Wildman–Crippen MR) is 83.1 cm³/mol. The van der Waals surface area contributed by atoms with Crippen LogP contribution in [0.25, 0.3) is 0 Å². The van der Waals surface area contributed by atoms with Crippen molar-refractivity contribution in [1.29, 1.82) is 0 Å². The quantitative estimate of drug-likeness (QED) is 0.897. The molecule has 1 aliphatic rings. The van der Waals surface area contributed by atoms with Gasteiger partial charge in [-0.2, -0.15) is 0 Å². The molecule has 4 nitrogen and oxygen atoms in total. The van der Waals surface area contributed by atoms with Crippen molar-refractivity contribution < 1.29 is 0 Å². The van der Waals surface area contributed by atoms with Gasteiger partial charge in [0.2, 0.25) is 0 Å². The maximum atomic E-state index is 4.56. The Morgan fingerprint density at radius 1 is 1.53 bits per heavy atom. The van der Waals surface area contributed by atoms with Crippen molar-refractivity contribution in [3.8, 4) is 0 Å². The fraction of sp³-hybridized carbons (Fsp3) is 0.786.